The van der Waals surface area contributed by atoms with Gasteiger partial charge in [-0.2, -0.15) is 0 Å². The van der Waals surface area contributed by atoms with Crippen molar-refractivity contribution in [2.24, 2.45) is 4.36 Å². The number of nitrogens with one attached hydrogen (secondary N) is 1. The Bertz CT molecular complexity index is 1200. The molecule has 3 atom stereocenters. The molecule has 158 valence electrons. The van der Waals surface area contributed by atoms with E-state index in [1.54, 1.807) is 19.4 Å². The molecule has 8 nitrogen and oxygen atoms in total. The fourth-order valence-electron chi connectivity index (χ4n) is 4.47. The zero-order valence-electron chi connectivity index (χ0n) is 17.2. The lowest BCUT2D eigenvalue weighted by Gasteiger charge is -2.34. The molecule has 0 saturated carbocycles. The summed E-state index contributed by atoms with van der Waals surface area (Å²) in [7, 11) is -0.643. The Hall–Kier alpha value is -2.52. The van der Waals surface area contributed by atoms with Crippen LogP contribution >= 0.6 is 0 Å². The van der Waals surface area contributed by atoms with Crippen molar-refractivity contribution in [3.8, 4) is 11.4 Å². The summed E-state index contributed by atoms with van der Waals surface area (Å²) in [6.07, 6.45) is 7.23. The van der Waals surface area contributed by atoms with Gasteiger partial charge in [-0.1, -0.05) is 0 Å². The van der Waals surface area contributed by atoms with Crippen LogP contribution in [0.3, 0.4) is 0 Å². The molecule has 2 aliphatic heterocycles. The van der Waals surface area contributed by atoms with E-state index in [-0.39, 0.29) is 11.3 Å². The van der Waals surface area contributed by atoms with Crippen LogP contribution in [0, 0.1) is 0 Å². The van der Waals surface area contributed by atoms with E-state index in [9.17, 15) is 4.21 Å². The Morgan fingerprint density at radius 2 is 2.23 bits per heavy atom. The Morgan fingerprint density at radius 1 is 1.33 bits per heavy atom. The Morgan fingerprint density at radius 3 is 3.07 bits per heavy atom. The predicted molar refractivity (Wildman–Crippen MR) is 118 cm³/mol. The third kappa shape index (κ3) is 3.26. The number of ether oxygens (including phenoxy) is 1. The van der Waals surface area contributed by atoms with Crippen molar-refractivity contribution >= 4 is 26.4 Å². The molecule has 0 spiro atoms. The highest BCUT2D eigenvalue weighted by molar-refractivity contribution is 7.94. The minimum Gasteiger partial charge on any atom is -0.377 e. The molecular weight excluding hydrogens is 400 g/mol. The van der Waals surface area contributed by atoms with Crippen LogP contribution in [0.1, 0.15) is 30.7 Å². The third-order valence-electron chi connectivity index (χ3n) is 6.10. The number of morpholine rings is 1. The molecule has 2 fully saturated rings. The first-order valence-electron chi connectivity index (χ1n) is 10.4. The van der Waals surface area contributed by atoms with Gasteiger partial charge in [-0.05, 0) is 25.8 Å². The molecule has 0 radical (unpaired) electrons. The van der Waals surface area contributed by atoms with Gasteiger partial charge in [0.1, 0.15) is 5.82 Å². The van der Waals surface area contributed by atoms with Gasteiger partial charge in [-0.15, -0.1) is 0 Å². The molecule has 0 aliphatic carbocycles. The zero-order valence-corrected chi connectivity index (χ0v) is 18.1. The van der Waals surface area contributed by atoms with E-state index in [1.165, 1.54) is 0 Å². The topological polar surface area (TPSA) is 96.4 Å². The summed E-state index contributed by atoms with van der Waals surface area (Å²) in [5.41, 5.74) is 2.63. The molecule has 1 N–H and O–H groups in total. The highest BCUT2D eigenvalue weighted by atomic mass is 32.2. The number of rotatable bonds is 3. The quantitative estimate of drug-likeness (QED) is 0.691. The number of hydrogen-bond acceptors (Lipinski definition) is 7. The van der Waals surface area contributed by atoms with Crippen LogP contribution < -0.4 is 4.90 Å². The molecule has 2 aliphatic rings. The second kappa shape index (κ2) is 7.63. The van der Waals surface area contributed by atoms with Crippen LogP contribution in [-0.2, 0) is 14.5 Å². The van der Waals surface area contributed by atoms with Crippen molar-refractivity contribution in [1.29, 1.82) is 0 Å². The second-order valence-corrected chi connectivity index (χ2v) is 10.6. The summed E-state index contributed by atoms with van der Waals surface area (Å²) in [6, 6.07) is 4.23. The summed E-state index contributed by atoms with van der Waals surface area (Å²) in [6.45, 7) is 4.23. The number of H-pyrrole nitrogens is 1. The monoisotopic (exact) mass is 426 g/mol. The standard InChI is InChI=1S/C21H26N6O2S/c1-14-13-29-8-7-27(14)20-10-17(19-4-3-9-30(19,28)22-2)25-21(26-20)16-11-23-12-18-15(16)5-6-24-18/h5-6,10-12,14,19,24H,3-4,7-9,13H2,1-2H3/t14-,19+,30?/m1/s1. The van der Waals surface area contributed by atoms with Gasteiger partial charge in [0.25, 0.3) is 0 Å². The van der Waals surface area contributed by atoms with E-state index in [1.807, 2.05) is 18.3 Å². The molecule has 2 saturated heterocycles. The Kier molecular flexibility index (Phi) is 4.94. The van der Waals surface area contributed by atoms with Crippen molar-refractivity contribution in [3.05, 3.63) is 36.4 Å². The lowest BCUT2D eigenvalue weighted by Crippen LogP contribution is -2.44. The molecule has 3 aromatic rings. The maximum absolute atomic E-state index is 13.4. The molecule has 1 unspecified atom stereocenters. The minimum absolute atomic E-state index is 0.169. The van der Waals surface area contributed by atoms with Gasteiger partial charge in [0.15, 0.2) is 5.82 Å². The summed E-state index contributed by atoms with van der Waals surface area (Å²) in [5, 5.41) is 0.855. The maximum Gasteiger partial charge on any atom is 0.164 e. The summed E-state index contributed by atoms with van der Waals surface area (Å²) >= 11 is 0. The van der Waals surface area contributed by atoms with Crippen molar-refractivity contribution in [1.82, 2.24) is 19.9 Å². The molecule has 5 rings (SSSR count). The molecule has 0 bridgehead atoms. The normalized spacial score (nSPS) is 26.9. The smallest absolute Gasteiger partial charge is 0.164 e. The van der Waals surface area contributed by atoms with Crippen molar-refractivity contribution in [2.45, 2.75) is 31.1 Å². The number of anilines is 1. The molecular formula is C21H26N6O2S. The molecule has 30 heavy (non-hydrogen) atoms. The number of hydrogen-bond donors (Lipinski definition) is 1. The van der Waals surface area contributed by atoms with E-state index in [0.717, 1.165) is 47.4 Å². The van der Waals surface area contributed by atoms with E-state index in [0.29, 0.717) is 24.8 Å². The van der Waals surface area contributed by atoms with Gasteiger partial charge < -0.3 is 14.6 Å². The van der Waals surface area contributed by atoms with Gasteiger partial charge in [-0.3, -0.25) is 4.98 Å². The third-order valence-corrected chi connectivity index (χ3v) is 8.96. The first kappa shape index (κ1) is 19.4. The molecule has 3 aromatic heterocycles. The second-order valence-electron chi connectivity index (χ2n) is 7.93. The van der Waals surface area contributed by atoms with Crippen molar-refractivity contribution < 1.29 is 8.95 Å². The van der Waals surface area contributed by atoms with E-state index < -0.39 is 9.73 Å². The number of pyridine rings is 1. The first-order chi connectivity index (χ1) is 14.6. The highest BCUT2D eigenvalue weighted by Gasteiger charge is 2.33. The van der Waals surface area contributed by atoms with Gasteiger partial charge >= 0.3 is 0 Å². The van der Waals surface area contributed by atoms with Crippen molar-refractivity contribution in [2.75, 3.05) is 37.5 Å². The number of fused-ring (bicyclic) bond motifs is 1. The zero-order chi connectivity index (χ0) is 20.7. The average Bonchev–Trinajstić information content (AvgIpc) is 3.40. The number of aromatic nitrogens is 4. The van der Waals surface area contributed by atoms with Gasteiger partial charge in [0.2, 0.25) is 0 Å². The fourth-order valence-corrected chi connectivity index (χ4v) is 6.80. The van der Waals surface area contributed by atoms with Gasteiger partial charge in [0, 0.05) is 48.8 Å². The largest absolute Gasteiger partial charge is 0.377 e. The SMILES string of the molecule is CN=S1(=O)CCC[C@H]1c1cc(N2CCOC[C@H]2C)nc(-c2cncc3[nH]ccc23)n1. The minimum atomic E-state index is -2.31. The van der Waals surface area contributed by atoms with Gasteiger partial charge in [-0.25, -0.2) is 18.5 Å². The molecule has 0 amide bonds. The number of aromatic amines is 1. The number of nitrogens with zero attached hydrogens (tertiary/aromatic N) is 5. The van der Waals surface area contributed by atoms with E-state index in [4.69, 9.17) is 14.7 Å². The first-order valence-corrected chi connectivity index (χ1v) is 12.1. The average molecular weight is 427 g/mol. The maximum atomic E-state index is 13.4. The van der Waals surface area contributed by atoms with Crippen LogP contribution in [0.4, 0.5) is 5.82 Å². The lowest BCUT2D eigenvalue weighted by molar-refractivity contribution is 0.0985. The summed E-state index contributed by atoms with van der Waals surface area (Å²) in [4.78, 5) is 19.7. The molecule has 5 heterocycles. The highest BCUT2D eigenvalue weighted by Crippen LogP contribution is 2.38. The summed E-state index contributed by atoms with van der Waals surface area (Å²) in [5.74, 6) is 2.10. The summed E-state index contributed by atoms with van der Waals surface area (Å²) < 4.78 is 23.3. The Labute approximate surface area is 176 Å². The fraction of sp³-hybridized carbons (Fsp3) is 0.476. The van der Waals surface area contributed by atoms with E-state index >= 15 is 0 Å². The van der Waals surface area contributed by atoms with Crippen LogP contribution in [0.2, 0.25) is 0 Å². The lowest BCUT2D eigenvalue weighted by atomic mass is 10.1. The molecule has 0 aromatic carbocycles. The van der Waals surface area contributed by atoms with Crippen LogP contribution in [-0.4, -0.2) is 62.7 Å². The van der Waals surface area contributed by atoms with Crippen molar-refractivity contribution in [3.63, 3.8) is 0 Å². The van der Waals surface area contributed by atoms with Gasteiger partial charge in [0.05, 0.1) is 51.6 Å². The van der Waals surface area contributed by atoms with Crippen LogP contribution in [0.5, 0.6) is 0 Å². The Balaban J connectivity index is 1.70. The van der Waals surface area contributed by atoms with E-state index in [2.05, 4.69) is 26.2 Å². The molecule has 9 heteroatoms. The predicted octanol–water partition coefficient (Wildman–Crippen LogP) is 3.18. The van der Waals surface area contributed by atoms with Crippen LogP contribution in [0.25, 0.3) is 22.3 Å². The van der Waals surface area contributed by atoms with Crippen LogP contribution in [0.15, 0.2) is 35.1 Å².